The van der Waals surface area contributed by atoms with Gasteiger partial charge in [-0.1, -0.05) is 60.7 Å². The third-order valence-corrected chi connectivity index (χ3v) is 3.43. The maximum absolute atomic E-state index is 6.04. The molecule has 2 heterocycles. The number of hydrogen-bond acceptors (Lipinski definition) is 3. The number of ether oxygens (including phenoxy) is 1. The molecular formula is C17H12N2O. The van der Waals surface area contributed by atoms with Crippen molar-refractivity contribution in [2.24, 2.45) is 10.2 Å². The van der Waals surface area contributed by atoms with Crippen LogP contribution in [0, 0.1) is 0 Å². The van der Waals surface area contributed by atoms with E-state index in [-0.39, 0.29) is 6.10 Å². The zero-order valence-corrected chi connectivity index (χ0v) is 10.7. The molecule has 2 aromatic carbocycles. The van der Waals surface area contributed by atoms with Crippen molar-refractivity contribution in [3.63, 3.8) is 0 Å². The van der Waals surface area contributed by atoms with Gasteiger partial charge in [0.15, 0.2) is 5.76 Å². The van der Waals surface area contributed by atoms with Crippen molar-refractivity contribution in [2.75, 3.05) is 0 Å². The van der Waals surface area contributed by atoms with Crippen LogP contribution in [0.15, 0.2) is 88.4 Å². The summed E-state index contributed by atoms with van der Waals surface area (Å²) in [5.74, 6) is 0.782. The predicted octanol–water partition coefficient (Wildman–Crippen LogP) is 4.48. The molecule has 0 bridgehead atoms. The molecule has 2 aliphatic heterocycles. The highest BCUT2D eigenvalue weighted by molar-refractivity contribution is 5.72. The molecule has 0 saturated heterocycles. The van der Waals surface area contributed by atoms with E-state index in [1.54, 1.807) is 0 Å². The van der Waals surface area contributed by atoms with Gasteiger partial charge in [-0.25, -0.2) is 0 Å². The Labute approximate surface area is 116 Å². The molecule has 3 nitrogen and oxygen atoms in total. The summed E-state index contributed by atoms with van der Waals surface area (Å²) in [6.45, 7) is 0. The summed E-state index contributed by atoms with van der Waals surface area (Å²) in [6, 6.07) is 20.1. The van der Waals surface area contributed by atoms with Crippen LogP contribution in [0.3, 0.4) is 0 Å². The Kier molecular flexibility index (Phi) is 2.49. The van der Waals surface area contributed by atoms with Crippen LogP contribution in [0.4, 0.5) is 0 Å². The summed E-state index contributed by atoms with van der Waals surface area (Å²) in [4.78, 5) is 0. The topological polar surface area (TPSA) is 34.0 Å². The smallest absolute Gasteiger partial charge is 0.176 e. The fourth-order valence-electron chi connectivity index (χ4n) is 2.44. The largest absolute Gasteiger partial charge is 0.477 e. The summed E-state index contributed by atoms with van der Waals surface area (Å²) < 4.78 is 6.04. The molecule has 0 aromatic heterocycles. The summed E-state index contributed by atoms with van der Waals surface area (Å²) in [5.41, 5.74) is 3.81. The van der Waals surface area contributed by atoms with Crippen LogP contribution >= 0.6 is 0 Å². The molecule has 0 amide bonds. The molecule has 3 heteroatoms. The summed E-state index contributed by atoms with van der Waals surface area (Å²) in [6.07, 6.45) is 1.95. The molecule has 20 heavy (non-hydrogen) atoms. The molecule has 1 atom stereocenters. The molecule has 0 radical (unpaired) electrons. The van der Waals surface area contributed by atoms with Gasteiger partial charge < -0.3 is 4.74 Å². The van der Waals surface area contributed by atoms with Gasteiger partial charge in [-0.05, 0) is 11.6 Å². The maximum atomic E-state index is 6.04. The first-order chi connectivity index (χ1) is 9.92. The fraction of sp³-hybridized carbons (Fsp3) is 0.0588. The standard InChI is InChI=1S/C17H12N2O/c1-3-7-12(8-4-1)15-11-14-17(20-15)16(19-18-14)13-9-5-2-6-10-13/h1-11,15H. The van der Waals surface area contributed by atoms with E-state index < -0.39 is 0 Å². The number of hydrogen-bond donors (Lipinski definition) is 0. The van der Waals surface area contributed by atoms with Crippen molar-refractivity contribution in [2.45, 2.75) is 6.10 Å². The quantitative estimate of drug-likeness (QED) is 0.784. The van der Waals surface area contributed by atoms with Gasteiger partial charge in [0.2, 0.25) is 0 Å². The van der Waals surface area contributed by atoms with Crippen LogP contribution in [0.1, 0.15) is 17.2 Å². The molecule has 2 aliphatic rings. The van der Waals surface area contributed by atoms with Crippen molar-refractivity contribution in [1.82, 2.24) is 0 Å². The lowest BCUT2D eigenvalue weighted by Gasteiger charge is -2.11. The minimum Gasteiger partial charge on any atom is -0.477 e. The van der Waals surface area contributed by atoms with Crippen LogP contribution < -0.4 is 0 Å². The molecule has 0 aliphatic carbocycles. The second-order valence-electron chi connectivity index (χ2n) is 4.74. The molecule has 0 fully saturated rings. The zero-order valence-electron chi connectivity index (χ0n) is 10.7. The lowest BCUT2D eigenvalue weighted by Crippen LogP contribution is -1.95. The molecule has 0 spiro atoms. The fourth-order valence-corrected chi connectivity index (χ4v) is 2.44. The maximum Gasteiger partial charge on any atom is 0.176 e. The Bertz CT molecular complexity index is 730. The number of rotatable bonds is 2. The molecule has 4 rings (SSSR count). The van der Waals surface area contributed by atoms with E-state index in [9.17, 15) is 0 Å². The lowest BCUT2D eigenvalue weighted by molar-refractivity contribution is 0.185. The molecule has 0 saturated carbocycles. The SMILES string of the molecule is C1=C2N=NC(c3ccccc3)=C2OC1c1ccccc1. The normalized spacial score (nSPS) is 19.8. The average molecular weight is 260 g/mol. The number of benzene rings is 2. The zero-order chi connectivity index (χ0) is 13.4. The highest BCUT2D eigenvalue weighted by Gasteiger charge is 2.30. The van der Waals surface area contributed by atoms with Gasteiger partial charge in [-0.2, -0.15) is 0 Å². The Balaban J connectivity index is 1.72. The highest BCUT2D eigenvalue weighted by Crippen LogP contribution is 2.42. The number of nitrogens with zero attached hydrogens (tertiary/aromatic N) is 2. The van der Waals surface area contributed by atoms with E-state index in [0.29, 0.717) is 0 Å². The highest BCUT2D eigenvalue weighted by atomic mass is 16.5. The first-order valence-electron chi connectivity index (χ1n) is 6.57. The van der Waals surface area contributed by atoms with Crippen LogP contribution in [0.2, 0.25) is 0 Å². The third kappa shape index (κ3) is 1.75. The first-order valence-corrected chi connectivity index (χ1v) is 6.57. The van der Waals surface area contributed by atoms with Gasteiger partial charge in [0.1, 0.15) is 17.5 Å². The summed E-state index contributed by atoms with van der Waals surface area (Å²) in [7, 11) is 0. The molecule has 1 unspecified atom stereocenters. The average Bonchev–Trinajstić information content (AvgIpc) is 3.09. The van der Waals surface area contributed by atoms with E-state index in [2.05, 4.69) is 22.4 Å². The van der Waals surface area contributed by atoms with Crippen molar-refractivity contribution < 1.29 is 4.74 Å². The predicted molar refractivity (Wildman–Crippen MR) is 76.6 cm³/mol. The Morgan fingerprint density at radius 1 is 0.800 bits per heavy atom. The Hall–Kier alpha value is -2.68. The Morgan fingerprint density at radius 2 is 1.50 bits per heavy atom. The van der Waals surface area contributed by atoms with Gasteiger partial charge in [0, 0.05) is 5.56 Å². The van der Waals surface area contributed by atoms with E-state index in [0.717, 1.165) is 28.3 Å². The van der Waals surface area contributed by atoms with Crippen LogP contribution in [-0.2, 0) is 4.74 Å². The van der Waals surface area contributed by atoms with Crippen LogP contribution in [-0.4, -0.2) is 0 Å². The monoisotopic (exact) mass is 260 g/mol. The van der Waals surface area contributed by atoms with Gasteiger partial charge in [-0.15, -0.1) is 10.2 Å². The number of azo groups is 1. The minimum atomic E-state index is -0.0702. The molecule has 2 aromatic rings. The molecular weight excluding hydrogens is 248 g/mol. The van der Waals surface area contributed by atoms with Gasteiger partial charge in [0.25, 0.3) is 0 Å². The van der Waals surface area contributed by atoms with Crippen molar-refractivity contribution in [1.29, 1.82) is 0 Å². The van der Waals surface area contributed by atoms with Gasteiger partial charge in [0.05, 0.1) is 0 Å². The van der Waals surface area contributed by atoms with Crippen LogP contribution in [0.5, 0.6) is 0 Å². The van der Waals surface area contributed by atoms with Crippen LogP contribution in [0.25, 0.3) is 5.70 Å². The second kappa shape index (κ2) is 4.46. The van der Waals surface area contributed by atoms with Gasteiger partial charge in [-0.3, -0.25) is 0 Å². The van der Waals surface area contributed by atoms with E-state index in [1.807, 2.05) is 54.6 Å². The summed E-state index contributed by atoms with van der Waals surface area (Å²) >= 11 is 0. The number of fused-ring (bicyclic) bond motifs is 1. The lowest BCUT2D eigenvalue weighted by atomic mass is 10.1. The van der Waals surface area contributed by atoms with E-state index in [1.165, 1.54) is 0 Å². The minimum absolute atomic E-state index is 0.0702. The van der Waals surface area contributed by atoms with Crippen molar-refractivity contribution >= 4 is 5.70 Å². The second-order valence-corrected chi connectivity index (χ2v) is 4.74. The van der Waals surface area contributed by atoms with E-state index in [4.69, 9.17) is 4.74 Å². The molecule has 0 N–H and O–H groups in total. The molecule has 96 valence electrons. The first kappa shape index (κ1) is 11.2. The Morgan fingerprint density at radius 3 is 2.25 bits per heavy atom. The van der Waals surface area contributed by atoms with Crippen molar-refractivity contribution in [3.05, 3.63) is 89.3 Å². The van der Waals surface area contributed by atoms with Gasteiger partial charge >= 0.3 is 0 Å². The van der Waals surface area contributed by atoms with Crippen molar-refractivity contribution in [3.8, 4) is 0 Å². The summed E-state index contributed by atoms with van der Waals surface area (Å²) in [5, 5.41) is 8.45. The third-order valence-electron chi connectivity index (χ3n) is 3.43. The van der Waals surface area contributed by atoms with E-state index >= 15 is 0 Å².